The van der Waals surface area contributed by atoms with Crippen molar-refractivity contribution in [3.8, 4) is 0 Å². The molecule has 1 unspecified atom stereocenters. The highest BCUT2D eigenvalue weighted by Crippen LogP contribution is 2.15. The average Bonchev–Trinajstić information content (AvgIpc) is 3.46. The van der Waals surface area contributed by atoms with Crippen molar-refractivity contribution in [1.29, 1.82) is 5.41 Å². The van der Waals surface area contributed by atoms with Crippen molar-refractivity contribution >= 4 is 23.2 Å². The maximum absolute atomic E-state index is 14.3. The molecule has 1 aromatic carbocycles. The fourth-order valence-electron chi connectivity index (χ4n) is 3.70. The number of piperidine rings is 1. The zero-order valence-electron chi connectivity index (χ0n) is 20.0. The van der Waals surface area contributed by atoms with Crippen molar-refractivity contribution in [2.24, 2.45) is 0 Å². The number of benzene rings is 1. The normalized spacial score (nSPS) is 15.7. The van der Waals surface area contributed by atoms with Crippen LogP contribution in [0.4, 0.5) is 14.6 Å². The first-order chi connectivity index (χ1) is 18.0. The second-order valence-electron chi connectivity index (χ2n) is 8.29. The van der Waals surface area contributed by atoms with Gasteiger partial charge in [-0.1, -0.05) is 29.8 Å². The zero-order chi connectivity index (χ0) is 26.0. The molecule has 1 aliphatic rings. The summed E-state index contributed by atoms with van der Waals surface area (Å²) < 4.78 is 38.5. The number of nitrogens with one attached hydrogen (secondary N) is 4. The maximum atomic E-state index is 14.3. The largest absolute Gasteiger partial charge is 0.463 e. The molecule has 12 heteroatoms. The number of allylic oxidation sites excluding steroid dienone is 1. The third-order valence-electron chi connectivity index (χ3n) is 5.65. The molecule has 0 radical (unpaired) electrons. The van der Waals surface area contributed by atoms with Crippen LogP contribution in [0.25, 0.3) is 5.70 Å². The molecule has 0 saturated carbocycles. The van der Waals surface area contributed by atoms with Gasteiger partial charge < -0.3 is 25.2 Å². The monoisotopic (exact) mass is 511 g/mol. The van der Waals surface area contributed by atoms with E-state index in [2.05, 4.69) is 31.1 Å². The van der Waals surface area contributed by atoms with Crippen LogP contribution in [0.2, 0.25) is 0 Å². The molecule has 1 aliphatic heterocycles. The molecule has 3 aromatic rings. The van der Waals surface area contributed by atoms with Gasteiger partial charge >= 0.3 is 5.97 Å². The third-order valence-corrected chi connectivity index (χ3v) is 5.65. The van der Waals surface area contributed by atoms with E-state index in [4.69, 9.17) is 14.7 Å². The Hall–Kier alpha value is -4.19. The fraction of sp³-hybridized carbons (Fsp3) is 0.320. The minimum atomic E-state index is -0.713. The number of ether oxygens (including phenoxy) is 1. The number of halogens is 2. The van der Waals surface area contributed by atoms with Gasteiger partial charge in [0.2, 0.25) is 0 Å². The second kappa shape index (κ2) is 12.7. The van der Waals surface area contributed by atoms with Gasteiger partial charge in [-0.3, -0.25) is 10.2 Å². The van der Waals surface area contributed by atoms with Crippen molar-refractivity contribution in [3.05, 3.63) is 77.6 Å². The second-order valence-corrected chi connectivity index (χ2v) is 8.29. The lowest BCUT2D eigenvalue weighted by Gasteiger charge is -2.21. The first-order valence-corrected chi connectivity index (χ1v) is 11.9. The topological polar surface area (TPSA) is 138 Å². The minimum Gasteiger partial charge on any atom is -0.463 e. The quantitative estimate of drug-likeness (QED) is 0.174. The van der Waals surface area contributed by atoms with Crippen LogP contribution in [-0.2, 0) is 16.1 Å². The number of anilines is 1. The van der Waals surface area contributed by atoms with Gasteiger partial charge in [0.1, 0.15) is 36.1 Å². The van der Waals surface area contributed by atoms with E-state index in [0.29, 0.717) is 17.0 Å². The van der Waals surface area contributed by atoms with Crippen LogP contribution in [0.1, 0.15) is 36.3 Å². The number of carbonyl (C=O) groups is 1. The molecular weight excluding hydrogens is 484 g/mol. The summed E-state index contributed by atoms with van der Waals surface area (Å²) in [6.07, 6.45) is 6.45. The van der Waals surface area contributed by atoms with E-state index >= 15 is 0 Å². The molecule has 0 bridgehead atoms. The summed E-state index contributed by atoms with van der Waals surface area (Å²) in [6, 6.07) is 7.57. The summed E-state index contributed by atoms with van der Waals surface area (Å²) in [4.78, 5) is 20.1. The highest BCUT2D eigenvalue weighted by atomic mass is 19.1. The molecule has 3 heterocycles. The Labute approximate surface area is 212 Å². The minimum absolute atomic E-state index is 0.0312. The lowest BCUT2D eigenvalue weighted by atomic mass is 10.1. The van der Waals surface area contributed by atoms with Crippen molar-refractivity contribution in [2.75, 3.05) is 25.0 Å². The summed E-state index contributed by atoms with van der Waals surface area (Å²) in [5, 5.41) is 21.2. The van der Waals surface area contributed by atoms with Crippen LogP contribution >= 0.6 is 0 Å². The lowest BCUT2D eigenvalue weighted by molar-refractivity contribution is -0.146. The van der Waals surface area contributed by atoms with Gasteiger partial charge in [-0.15, -0.1) is 0 Å². The smallest absolute Gasteiger partial charge is 0.323 e. The summed E-state index contributed by atoms with van der Waals surface area (Å²) in [6.45, 7) is 1.07. The number of aromatic nitrogens is 3. The van der Waals surface area contributed by atoms with Crippen molar-refractivity contribution < 1.29 is 22.8 Å². The van der Waals surface area contributed by atoms with Gasteiger partial charge in [0.25, 0.3) is 0 Å². The zero-order valence-corrected chi connectivity index (χ0v) is 20.0. The molecule has 0 spiro atoms. The van der Waals surface area contributed by atoms with Gasteiger partial charge in [0.15, 0.2) is 17.5 Å². The lowest BCUT2D eigenvalue weighted by Crippen LogP contribution is -2.41. The van der Waals surface area contributed by atoms with Crippen LogP contribution in [0, 0.1) is 17.0 Å². The molecule has 10 nitrogen and oxygen atoms in total. The summed E-state index contributed by atoms with van der Waals surface area (Å²) in [7, 11) is 0. The summed E-state index contributed by atoms with van der Waals surface area (Å²) in [5.74, 6) is -1.60. The molecule has 2 aromatic heterocycles. The Morgan fingerprint density at radius 3 is 2.86 bits per heavy atom. The Morgan fingerprint density at radius 1 is 1.24 bits per heavy atom. The molecule has 0 amide bonds. The van der Waals surface area contributed by atoms with Gasteiger partial charge in [0, 0.05) is 18.2 Å². The number of nitrogens with zero attached hydrogens (tertiary/aromatic N) is 3. The molecule has 1 fully saturated rings. The predicted molar refractivity (Wildman–Crippen MR) is 132 cm³/mol. The van der Waals surface area contributed by atoms with Crippen LogP contribution in [0.15, 0.2) is 53.4 Å². The van der Waals surface area contributed by atoms with E-state index < -0.39 is 5.82 Å². The Kier molecular flexibility index (Phi) is 8.87. The molecule has 0 aliphatic carbocycles. The molecule has 4 N–H and O–H groups in total. The Bertz CT molecular complexity index is 1240. The summed E-state index contributed by atoms with van der Waals surface area (Å²) in [5.41, 5.74) is 1.04. The van der Waals surface area contributed by atoms with Crippen LogP contribution in [-0.4, -0.2) is 52.5 Å². The molecule has 37 heavy (non-hydrogen) atoms. The van der Waals surface area contributed by atoms with E-state index in [1.165, 1.54) is 18.4 Å². The van der Waals surface area contributed by atoms with E-state index in [1.807, 2.05) is 0 Å². The molecular formula is C25H27F2N7O3. The number of carbonyl (C=O) groups excluding carboxylic acids is 1. The SMILES string of the molecule is N=C(/C=C(\NCc1ccccc1F)c1ccon1)c1ncc(F)c(NCCOC(=O)C2CCCCN2)n1. The fourth-order valence-corrected chi connectivity index (χ4v) is 3.70. The number of rotatable bonds is 11. The first-order valence-electron chi connectivity index (χ1n) is 11.9. The Morgan fingerprint density at radius 2 is 2.11 bits per heavy atom. The van der Waals surface area contributed by atoms with Gasteiger partial charge in [-0.05, 0) is 31.5 Å². The number of hydrogen-bond acceptors (Lipinski definition) is 10. The molecule has 4 rings (SSSR count). The van der Waals surface area contributed by atoms with E-state index in [9.17, 15) is 13.6 Å². The predicted octanol–water partition coefficient (Wildman–Crippen LogP) is 3.04. The van der Waals surface area contributed by atoms with Crippen molar-refractivity contribution in [1.82, 2.24) is 25.8 Å². The van der Waals surface area contributed by atoms with E-state index in [0.717, 1.165) is 32.0 Å². The number of hydrogen-bond donors (Lipinski definition) is 4. The summed E-state index contributed by atoms with van der Waals surface area (Å²) >= 11 is 0. The van der Waals surface area contributed by atoms with Gasteiger partial charge in [-0.2, -0.15) is 0 Å². The highest BCUT2D eigenvalue weighted by molar-refractivity contribution is 6.07. The standard InChI is InChI=1S/C25H27F2N7O3/c26-17-6-2-1-5-16(17)14-31-22(20-8-11-37-34-20)13-19(28)24-32-15-18(27)23(33-24)30-10-12-36-25(35)21-7-3-4-9-29-21/h1-2,5-6,8,11,13,15,21,28-29,31H,3-4,7,9-10,12,14H2,(H,30,32,33)/b22-13-,28-19?. The van der Waals surface area contributed by atoms with E-state index in [-0.39, 0.29) is 54.9 Å². The Balaban J connectivity index is 1.39. The molecule has 194 valence electrons. The molecule has 1 saturated heterocycles. The average molecular weight is 512 g/mol. The third kappa shape index (κ3) is 7.17. The van der Waals surface area contributed by atoms with Crippen LogP contribution in [0.3, 0.4) is 0 Å². The molecule has 1 atom stereocenters. The van der Waals surface area contributed by atoms with E-state index in [1.54, 1.807) is 24.3 Å². The highest BCUT2D eigenvalue weighted by Gasteiger charge is 2.21. The van der Waals surface area contributed by atoms with Crippen LogP contribution < -0.4 is 16.0 Å². The van der Waals surface area contributed by atoms with Crippen molar-refractivity contribution in [3.63, 3.8) is 0 Å². The number of esters is 1. The van der Waals surface area contributed by atoms with Gasteiger partial charge in [0.05, 0.1) is 18.4 Å². The van der Waals surface area contributed by atoms with Crippen molar-refractivity contribution in [2.45, 2.75) is 31.8 Å². The van der Waals surface area contributed by atoms with Crippen LogP contribution in [0.5, 0.6) is 0 Å². The van der Waals surface area contributed by atoms with Gasteiger partial charge in [-0.25, -0.2) is 18.7 Å². The maximum Gasteiger partial charge on any atom is 0.323 e. The first kappa shape index (κ1) is 25.9.